The lowest BCUT2D eigenvalue weighted by atomic mass is 10.0. The molecule has 3 aromatic rings. The first-order valence-electron chi connectivity index (χ1n) is 10.1. The predicted molar refractivity (Wildman–Crippen MR) is 111 cm³/mol. The second-order valence-corrected chi connectivity index (χ2v) is 7.66. The van der Waals surface area contributed by atoms with Crippen LogP contribution in [0.25, 0.3) is 21.7 Å². The molecule has 0 amide bonds. The van der Waals surface area contributed by atoms with Crippen LogP contribution in [-0.2, 0) is 6.54 Å². The highest BCUT2D eigenvalue weighted by Crippen LogP contribution is 2.27. The highest BCUT2D eigenvalue weighted by molar-refractivity contribution is 6.07. The first-order chi connectivity index (χ1) is 13.2. The van der Waals surface area contributed by atoms with Crippen molar-refractivity contribution in [1.29, 1.82) is 0 Å². The zero-order valence-electron chi connectivity index (χ0n) is 16.0. The van der Waals surface area contributed by atoms with E-state index in [1.807, 2.05) is 24.3 Å². The average molecular weight is 364 g/mol. The first-order valence-corrected chi connectivity index (χ1v) is 10.1. The summed E-state index contributed by atoms with van der Waals surface area (Å²) in [7, 11) is 0. The molecule has 4 nitrogen and oxygen atoms in total. The van der Waals surface area contributed by atoms with Crippen LogP contribution >= 0.6 is 0 Å². The van der Waals surface area contributed by atoms with Crippen LogP contribution in [-0.4, -0.2) is 30.6 Å². The fraction of sp³-hybridized carbons (Fsp3) is 0.435. The van der Waals surface area contributed by atoms with Crippen molar-refractivity contribution in [1.82, 2.24) is 10.2 Å². The van der Waals surface area contributed by atoms with Gasteiger partial charge in [0.15, 0.2) is 0 Å². The van der Waals surface area contributed by atoms with Crippen molar-refractivity contribution in [2.24, 2.45) is 0 Å². The molecule has 1 atom stereocenters. The molecule has 0 unspecified atom stereocenters. The number of likely N-dealkylation sites (tertiary alicyclic amines) is 1. The number of fused-ring (bicyclic) bond motifs is 3. The molecule has 1 aliphatic rings. The maximum atomic E-state index is 12.0. The summed E-state index contributed by atoms with van der Waals surface area (Å²) in [6, 6.07) is 14.5. The maximum Gasteiger partial charge on any atom is 0.336 e. The molecular weight excluding hydrogens is 336 g/mol. The number of nitrogens with zero attached hydrogens (tertiary/aromatic N) is 1. The molecule has 1 aliphatic heterocycles. The normalized spacial score (nSPS) is 18.3. The van der Waals surface area contributed by atoms with Crippen molar-refractivity contribution in [3.63, 3.8) is 0 Å². The van der Waals surface area contributed by atoms with Gasteiger partial charge in [-0.2, -0.15) is 0 Å². The molecule has 0 spiro atoms. The second-order valence-electron chi connectivity index (χ2n) is 7.66. The van der Waals surface area contributed by atoms with Crippen LogP contribution in [0.1, 0.15) is 38.2 Å². The van der Waals surface area contributed by atoms with Crippen molar-refractivity contribution in [2.45, 2.75) is 45.2 Å². The van der Waals surface area contributed by atoms with E-state index < -0.39 is 0 Å². The fourth-order valence-corrected chi connectivity index (χ4v) is 4.28. The fourth-order valence-electron chi connectivity index (χ4n) is 4.28. The third-order valence-corrected chi connectivity index (χ3v) is 5.77. The van der Waals surface area contributed by atoms with Gasteiger partial charge in [-0.3, -0.25) is 0 Å². The van der Waals surface area contributed by atoms with Crippen LogP contribution in [0, 0.1) is 0 Å². The molecule has 0 saturated carbocycles. The summed E-state index contributed by atoms with van der Waals surface area (Å²) >= 11 is 0. The van der Waals surface area contributed by atoms with Gasteiger partial charge in [0, 0.05) is 24.0 Å². The van der Waals surface area contributed by atoms with Gasteiger partial charge in [0.05, 0.1) is 0 Å². The van der Waals surface area contributed by atoms with E-state index in [0.717, 1.165) is 35.8 Å². The Bertz CT molecular complexity index is 979. The van der Waals surface area contributed by atoms with Gasteiger partial charge in [-0.05, 0) is 68.2 Å². The number of hydrogen-bond donors (Lipinski definition) is 1. The molecular formula is C23H28N2O2. The van der Waals surface area contributed by atoms with Crippen LogP contribution in [0.5, 0.6) is 0 Å². The monoisotopic (exact) mass is 364 g/mol. The Morgan fingerprint density at radius 3 is 2.96 bits per heavy atom. The van der Waals surface area contributed by atoms with Gasteiger partial charge < -0.3 is 14.6 Å². The summed E-state index contributed by atoms with van der Waals surface area (Å²) in [6.07, 6.45) is 5.15. The summed E-state index contributed by atoms with van der Waals surface area (Å²) in [5.74, 6) is 0. The van der Waals surface area contributed by atoms with E-state index >= 15 is 0 Å². The molecule has 0 radical (unpaired) electrons. The Kier molecular flexibility index (Phi) is 5.55. The quantitative estimate of drug-likeness (QED) is 0.402. The van der Waals surface area contributed by atoms with Crippen LogP contribution in [0.2, 0.25) is 0 Å². The number of rotatable bonds is 6. The molecule has 1 fully saturated rings. The average Bonchev–Trinajstić information content (AvgIpc) is 2.68. The number of piperidine rings is 1. The summed E-state index contributed by atoms with van der Waals surface area (Å²) in [4.78, 5) is 14.6. The molecule has 0 aliphatic carbocycles. The summed E-state index contributed by atoms with van der Waals surface area (Å²) in [5.41, 5.74) is 1.40. The number of hydrogen-bond acceptors (Lipinski definition) is 4. The van der Waals surface area contributed by atoms with E-state index in [0.29, 0.717) is 18.2 Å². The lowest BCUT2D eigenvalue weighted by Crippen LogP contribution is -2.38. The second kappa shape index (κ2) is 8.24. The summed E-state index contributed by atoms with van der Waals surface area (Å²) in [5, 5.41) is 6.88. The van der Waals surface area contributed by atoms with Gasteiger partial charge in [0.1, 0.15) is 5.58 Å². The third kappa shape index (κ3) is 4.07. The zero-order chi connectivity index (χ0) is 18.6. The molecule has 1 aromatic heterocycles. The van der Waals surface area contributed by atoms with Crippen molar-refractivity contribution >= 4 is 21.7 Å². The summed E-state index contributed by atoms with van der Waals surface area (Å²) < 4.78 is 5.44. The van der Waals surface area contributed by atoms with Crippen LogP contribution in [0.3, 0.4) is 0 Å². The molecule has 2 aromatic carbocycles. The van der Waals surface area contributed by atoms with Crippen LogP contribution in [0.4, 0.5) is 0 Å². The minimum Gasteiger partial charge on any atom is -0.423 e. The van der Waals surface area contributed by atoms with Crippen molar-refractivity contribution in [3.05, 3.63) is 58.4 Å². The van der Waals surface area contributed by atoms with E-state index in [-0.39, 0.29) is 5.63 Å². The van der Waals surface area contributed by atoms with Gasteiger partial charge in [0.25, 0.3) is 0 Å². The van der Waals surface area contributed by atoms with E-state index in [4.69, 9.17) is 4.42 Å². The van der Waals surface area contributed by atoms with E-state index in [1.165, 1.54) is 31.2 Å². The van der Waals surface area contributed by atoms with Crippen molar-refractivity contribution in [3.8, 4) is 0 Å². The molecule has 27 heavy (non-hydrogen) atoms. The third-order valence-electron chi connectivity index (χ3n) is 5.77. The van der Waals surface area contributed by atoms with Gasteiger partial charge >= 0.3 is 5.63 Å². The smallest absolute Gasteiger partial charge is 0.336 e. The van der Waals surface area contributed by atoms with E-state index in [1.54, 1.807) is 6.07 Å². The topological polar surface area (TPSA) is 45.5 Å². The van der Waals surface area contributed by atoms with Gasteiger partial charge in [-0.15, -0.1) is 0 Å². The Hall–Kier alpha value is -2.17. The largest absolute Gasteiger partial charge is 0.423 e. The van der Waals surface area contributed by atoms with Gasteiger partial charge in [-0.1, -0.05) is 36.8 Å². The Balaban J connectivity index is 1.45. The van der Waals surface area contributed by atoms with E-state index in [9.17, 15) is 4.79 Å². The standard InChI is InChI=1S/C23H28N2O2/c1-17-7-4-5-13-25(17)14-6-12-24-16-19-15-22(26)27-21-11-10-18-8-2-3-9-20(18)23(19)21/h2-3,8-11,15,17,24H,4-7,12-14,16H2,1H3/t17-/m1/s1. The SMILES string of the molecule is C[C@@H]1CCCCN1CCCNCc1cc(=O)oc2ccc3ccccc3c12. The van der Waals surface area contributed by atoms with E-state index in [2.05, 4.69) is 29.3 Å². The Morgan fingerprint density at radius 1 is 1.19 bits per heavy atom. The van der Waals surface area contributed by atoms with Gasteiger partial charge in [0.2, 0.25) is 0 Å². The Morgan fingerprint density at radius 2 is 2.07 bits per heavy atom. The van der Waals surface area contributed by atoms with Crippen molar-refractivity contribution in [2.75, 3.05) is 19.6 Å². The molecule has 4 rings (SSSR count). The molecule has 0 bridgehead atoms. The summed E-state index contributed by atoms with van der Waals surface area (Å²) in [6.45, 7) is 6.36. The maximum absolute atomic E-state index is 12.0. The predicted octanol–water partition coefficient (Wildman–Crippen LogP) is 4.30. The lowest BCUT2D eigenvalue weighted by Gasteiger charge is -2.33. The molecule has 1 N–H and O–H groups in total. The zero-order valence-corrected chi connectivity index (χ0v) is 16.0. The molecule has 4 heteroatoms. The molecule has 2 heterocycles. The molecule has 1 saturated heterocycles. The van der Waals surface area contributed by atoms with Crippen molar-refractivity contribution < 1.29 is 4.42 Å². The minimum atomic E-state index is -0.281. The van der Waals surface area contributed by atoms with Crippen LogP contribution < -0.4 is 10.9 Å². The number of nitrogens with one attached hydrogen (secondary N) is 1. The number of benzene rings is 2. The minimum absolute atomic E-state index is 0.281. The highest BCUT2D eigenvalue weighted by atomic mass is 16.4. The Labute approximate surface area is 160 Å². The highest BCUT2D eigenvalue weighted by Gasteiger charge is 2.17. The van der Waals surface area contributed by atoms with Gasteiger partial charge in [-0.25, -0.2) is 4.79 Å². The first kappa shape index (κ1) is 18.2. The van der Waals surface area contributed by atoms with Crippen LogP contribution in [0.15, 0.2) is 51.7 Å². The lowest BCUT2D eigenvalue weighted by molar-refractivity contribution is 0.159. The molecule has 142 valence electrons.